The number of H-pyrrole nitrogens is 1. The van der Waals surface area contributed by atoms with Crippen LogP contribution in [-0.4, -0.2) is 27.8 Å². The van der Waals surface area contributed by atoms with Crippen molar-refractivity contribution in [3.05, 3.63) is 48.7 Å². The highest BCUT2D eigenvalue weighted by molar-refractivity contribution is 9.10. The van der Waals surface area contributed by atoms with Gasteiger partial charge in [0.2, 0.25) is 0 Å². The number of aromatic amines is 1. The van der Waals surface area contributed by atoms with E-state index in [-0.39, 0.29) is 17.0 Å². The fraction of sp³-hybridized carbons (Fsp3) is 0.250. The minimum Gasteiger partial charge on any atom is -0.335 e. The minimum atomic E-state index is -0.378. The van der Waals surface area contributed by atoms with E-state index in [1.807, 2.05) is 5.38 Å². The molecule has 0 aliphatic rings. The average molecular weight is 342 g/mol. The lowest BCUT2D eigenvalue weighted by molar-refractivity contribution is 0.0783. The first-order valence-corrected chi connectivity index (χ1v) is 7.19. The quantitative estimate of drug-likeness (QED) is 0.930. The highest BCUT2D eigenvalue weighted by Crippen LogP contribution is 2.14. The standard InChI is InChI=1S/C12H12BrN3O2S/c1-7-9(13)5-8(11(17)15-7)12(18)16(2)6-10-14-3-4-19-10/h3-5H,6H2,1-2H3,(H,15,17). The van der Waals surface area contributed by atoms with Crippen LogP contribution < -0.4 is 5.56 Å². The molecular weight excluding hydrogens is 330 g/mol. The third kappa shape index (κ3) is 3.10. The lowest BCUT2D eigenvalue weighted by Gasteiger charge is -2.15. The van der Waals surface area contributed by atoms with Crippen LogP contribution in [0.1, 0.15) is 21.1 Å². The second-order valence-corrected chi connectivity index (χ2v) is 5.91. The summed E-state index contributed by atoms with van der Waals surface area (Å²) in [4.78, 5) is 32.3. The van der Waals surface area contributed by atoms with Gasteiger partial charge in [0.15, 0.2) is 0 Å². The first kappa shape index (κ1) is 14.0. The SMILES string of the molecule is Cc1[nH]c(=O)c(C(=O)N(C)Cc2nccs2)cc1Br. The van der Waals surface area contributed by atoms with E-state index in [0.29, 0.717) is 16.7 Å². The van der Waals surface area contributed by atoms with Crippen molar-refractivity contribution >= 4 is 33.2 Å². The van der Waals surface area contributed by atoms with Crippen molar-refractivity contribution in [1.82, 2.24) is 14.9 Å². The van der Waals surface area contributed by atoms with E-state index in [0.717, 1.165) is 5.01 Å². The Hall–Kier alpha value is -1.47. The Bertz CT molecular complexity index is 651. The van der Waals surface area contributed by atoms with Gasteiger partial charge in [0, 0.05) is 28.8 Å². The number of hydrogen-bond donors (Lipinski definition) is 1. The predicted octanol–water partition coefficient (Wildman–Crippen LogP) is 2.17. The van der Waals surface area contributed by atoms with Gasteiger partial charge >= 0.3 is 0 Å². The maximum atomic E-state index is 12.2. The number of pyridine rings is 1. The summed E-state index contributed by atoms with van der Waals surface area (Å²) in [6.45, 7) is 2.15. The molecule has 0 saturated heterocycles. The van der Waals surface area contributed by atoms with Gasteiger partial charge in [0.25, 0.3) is 11.5 Å². The molecule has 0 saturated carbocycles. The zero-order chi connectivity index (χ0) is 14.0. The third-order valence-electron chi connectivity index (χ3n) is 2.61. The van der Waals surface area contributed by atoms with Crippen LogP contribution in [0.4, 0.5) is 0 Å². The van der Waals surface area contributed by atoms with E-state index in [9.17, 15) is 9.59 Å². The van der Waals surface area contributed by atoms with Crippen LogP contribution in [-0.2, 0) is 6.54 Å². The summed E-state index contributed by atoms with van der Waals surface area (Å²) in [6.07, 6.45) is 1.69. The van der Waals surface area contributed by atoms with Crippen molar-refractivity contribution in [2.24, 2.45) is 0 Å². The summed E-state index contributed by atoms with van der Waals surface area (Å²) < 4.78 is 0.707. The molecule has 2 heterocycles. The smallest absolute Gasteiger partial charge is 0.261 e. The summed E-state index contributed by atoms with van der Waals surface area (Å²) in [5.41, 5.74) is 0.442. The highest BCUT2D eigenvalue weighted by Gasteiger charge is 2.17. The molecule has 0 bridgehead atoms. The molecule has 2 rings (SSSR count). The first-order chi connectivity index (χ1) is 8.99. The average Bonchev–Trinajstić information content (AvgIpc) is 2.85. The molecule has 100 valence electrons. The molecule has 5 nitrogen and oxygen atoms in total. The molecule has 19 heavy (non-hydrogen) atoms. The molecule has 0 aliphatic carbocycles. The van der Waals surface area contributed by atoms with Crippen LogP contribution in [0.5, 0.6) is 0 Å². The first-order valence-electron chi connectivity index (χ1n) is 5.52. The lowest BCUT2D eigenvalue weighted by atomic mass is 10.2. The Morgan fingerprint density at radius 3 is 2.95 bits per heavy atom. The number of hydrogen-bond acceptors (Lipinski definition) is 4. The summed E-state index contributed by atoms with van der Waals surface area (Å²) in [5, 5.41) is 2.68. The maximum absolute atomic E-state index is 12.2. The van der Waals surface area contributed by atoms with Crippen LogP contribution in [0.2, 0.25) is 0 Å². The Kier molecular flexibility index (Phi) is 4.16. The number of aromatic nitrogens is 2. The highest BCUT2D eigenvalue weighted by atomic mass is 79.9. The molecule has 0 radical (unpaired) electrons. The number of thiazole rings is 1. The Balaban J connectivity index is 2.24. The van der Waals surface area contributed by atoms with Crippen molar-refractivity contribution in [1.29, 1.82) is 0 Å². The zero-order valence-corrected chi connectivity index (χ0v) is 12.8. The maximum Gasteiger partial charge on any atom is 0.261 e. The van der Waals surface area contributed by atoms with E-state index >= 15 is 0 Å². The number of nitrogens with one attached hydrogen (secondary N) is 1. The Labute approximate surface area is 122 Å². The van der Waals surface area contributed by atoms with E-state index in [2.05, 4.69) is 25.9 Å². The van der Waals surface area contributed by atoms with E-state index in [4.69, 9.17) is 0 Å². The van der Waals surface area contributed by atoms with E-state index in [1.54, 1.807) is 26.2 Å². The van der Waals surface area contributed by atoms with Crippen molar-refractivity contribution in [3.8, 4) is 0 Å². The van der Waals surface area contributed by atoms with E-state index < -0.39 is 0 Å². The number of aryl methyl sites for hydroxylation is 1. The summed E-state index contributed by atoms with van der Waals surface area (Å²) >= 11 is 4.78. The molecule has 2 aromatic heterocycles. The topological polar surface area (TPSA) is 66.1 Å². The molecule has 1 N–H and O–H groups in total. The fourth-order valence-electron chi connectivity index (χ4n) is 1.57. The molecule has 0 aliphatic heterocycles. The third-order valence-corrected chi connectivity index (χ3v) is 4.20. The monoisotopic (exact) mass is 341 g/mol. The zero-order valence-electron chi connectivity index (χ0n) is 10.4. The molecule has 0 aromatic carbocycles. The summed E-state index contributed by atoms with van der Waals surface area (Å²) in [6, 6.07) is 1.55. The molecule has 0 fully saturated rings. The molecular formula is C12H12BrN3O2S. The predicted molar refractivity (Wildman–Crippen MR) is 77.4 cm³/mol. The minimum absolute atomic E-state index is 0.122. The van der Waals surface area contributed by atoms with Crippen LogP contribution in [0.3, 0.4) is 0 Å². The molecule has 7 heteroatoms. The van der Waals surface area contributed by atoms with Gasteiger partial charge in [-0.1, -0.05) is 0 Å². The Morgan fingerprint density at radius 2 is 2.32 bits per heavy atom. The largest absolute Gasteiger partial charge is 0.335 e. The number of rotatable bonds is 3. The van der Waals surface area contributed by atoms with Gasteiger partial charge in [0.1, 0.15) is 10.6 Å². The van der Waals surface area contributed by atoms with E-state index in [1.165, 1.54) is 16.2 Å². The van der Waals surface area contributed by atoms with Crippen LogP contribution in [0.25, 0.3) is 0 Å². The Morgan fingerprint density at radius 1 is 1.58 bits per heavy atom. The molecule has 1 amide bonds. The summed E-state index contributed by atoms with van der Waals surface area (Å²) in [7, 11) is 1.65. The molecule has 0 spiro atoms. The molecule has 0 atom stereocenters. The van der Waals surface area contributed by atoms with Gasteiger partial charge in [0.05, 0.1) is 6.54 Å². The molecule has 0 unspecified atom stereocenters. The van der Waals surface area contributed by atoms with Gasteiger partial charge in [-0.2, -0.15) is 0 Å². The second-order valence-electron chi connectivity index (χ2n) is 4.07. The van der Waals surface area contributed by atoms with Gasteiger partial charge in [-0.3, -0.25) is 9.59 Å². The van der Waals surface area contributed by atoms with Gasteiger partial charge in [-0.05, 0) is 28.9 Å². The fourth-order valence-corrected chi connectivity index (χ4v) is 2.56. The van der Waals surface area contributed by atoms with Gasteiger partial charge < -0.3 is 9.88 Å². The number of carbonyl (C=O) groups is 1. The number of amides is 1. The van der Waals surface area contributed by atoms with Crippen molar-refractivity contribution in [3.63, 3.8) is 0 Å². The lowest BCUT2D eigenvalue weighted by Crippen LogP contribution is -2.31. The van der Waals surface area contributed by atoms with Crippen LogP contribution >= 0.6 is 27.3 Å². The van der Waals surface area contributed by atoms with Crippen LogP contribution in [0, 0.1) is 6.92 Å². The number of carbonyl (C=O) groups excluding carboxylic acids is 1. The van der Waals surface area contributed by atoms with Crippen LogP contribution in [0.15, 0.2) is 26.9 Å². The van der Waals surface area contributed by atoms with Crippen molar-refractivity contribution in [2.45, 2.75) is 13.5 Å². The van der Waals surface area contributed by atoms with Gasteiger partial charge in [-0.15, -0.1) is 11.3 Å². The normalized spacial score (nSPS) is 10.5. The van der Waals surface area contributed by atoms with Crippen molar-refractivity contribution in [2.75, 3.05) is 7.05 Å². The number of halogens is 1. The summed E-state index contributed by atoms with van der Waals surface area (Å²) in [5.74, 6) is -0.322. The van der Waals surface area contributed by atoms with Crippen molar-refractivity contribution < 1.29 is 4.79 Å². The van der Waals surface area contributed by atoms with Gasteiger partial charge in [-0.25, -0.2) is 4.98 Å². The number of nitrogens with zero attached hydrogens (tertiary/aromatic N) is 2. The molecule has 2 aromatic rings. The second kappa shape index (κ2) is 5.66.